The van der Waals surface area contributed by atoms with Crippen LogP contribution in [-0.2, 0) is 6.42 Å². The number of rotatable bonds is 3. The van der Waals surface area contributed by atoms with Crippen molar-refractivity contribution in [3.05, 3.63) is 23.3 Å². The summed E-state index contributed by atoms with van der Waals surface area (Å²) in [5, 5.41) is 1.52. The molecule has 1 aliphatic heterocycles. The second kappa shape index (κ2) is 5.32. The van der Waals surface area contributed by atoms with Crippen LogP contribution in [-0.4, -0.2) is 25.3 Å². The van der Waals surface area contributed by atoms with Crippen molar-refractivity contribution < 1.29 is 9.47 Å². The highest BCUT2D eigenvalue weighted by atomic mass is 79.9. The Labute approximate surface area is 109 Å². The van der Waals surface area contributed by atoms with Gasteiger partial charge in [-0.1, -0.05) is 15.9 Å². The fourth-order valence-electron chi connectivity index (χ4n) is 1.98. The van der Waals surface area contributed by atoms with E-state index in [1.54, 1.807) is 14.2 Å². The summed E-state index contributed by atoms with van der Waals surface area (Å²) >= 11 is 5.57. The lowest BCUT2D eigenvalue weighted by Gasteiger charge is -2.25. The van der Waals surface area contributed by atoms with Crippen molar-refractivity contribution in [2.45, 2.75) is 11.7 Å². The zero-order valence-corrected chi connectivity index (χ0v) is 11.9. The normalized spacial score (nSPS) is 19.1. The van der Waals surface area contributed by atoms with Crippen LogP contribution < -0.4 is 9.47 Å². The highest BCUT2D eigenvalue weighted by Crippen LogP contribution is 2.42. The zero-order chi connectivity index (χ0) is 11.5. The molecule has 0 spiro atoms. The first-order valence-electron chi connectivity index (χ1n) is 5.22. The molecule has 0 N–H and O–H groups in total. The number of ether oxygens (including phenoxy) is 2. The van der Waals surface area contributed by atoms with E-state index in [9.17, 15) is 0 Å². The molecule has 1 aromatic carbocycles. The van der Waals surface area contributed by atoms with Gasteiger partial charge >= 0.3 is 0 Å². The summed E-state index contributed by atoms with van der Waals surface area (Å²) < 4.78 is 10.7. The molecule has 88 valence electrons. The SMILES string of the molecule is COc1cc2c(cc1OC)C(CBr)SCC2. The third-order valence-electron chi connectivity index (χ3n) is 2.82. The standard InChI is InChI=1S/C12H15BrO2S/c1-14-10-5-8-3-4-16-12(7-13)9(8)6-11(10)15-2/h5-6,12H,3-4,7H2,1-2H3. The van der Waals surface area contributed by atoms with Gasteiger partial charge in [0.1, 0.15) is 0 Å². The average Bonchev–Trinajstić information content (AvgIpc) is 2.36. The maximum atomic E-state index is 5.35. The van der Waals surface area contributed by atoms with Crippen LogP contribution in [0.1, 0.15) is 16.4 Å². The molecule has 1 heterocycles. The van der Waals surface area contributed by atoms with Crippen molar-refractivity contribution in [1.29, 1.82) is 0 Å². The van der Waals surface area contributed by atoms with Gasteiger partial charge in [0.05, 0.1) is 14.2 Å². The molecule has 0 saturated carbocycles. The van der Waals surface area contributed by atoms with Gasteiger partial charge in [-0.15, -0.1) is 0 Å². The van der Waals surface area contributed by atoms with Crippen molar-refractivity contribution in [2.24, 2.45) is 0 Å². The van der Waals surface area contributed by atoms with Crippen LogP contribution in [0.3, 0.4) is 0 Å². The van der Waals surface area contributed by atoms with Crippen LogP contribution >= 0.6 is 27.7 Å². The minimum atomic E-state index is 0.531. The number of thioether (sulfide) groups is 1. The summed E-state index contributed by atoms with van der Waals surface area (Å²) in [6.07, 6.45) is 1.11. The fraction of sp³-hybridized carbons (Fsp3) is 0.500. The molecule has 0 amide bonds. The number of hydrogen-bond acceptors (Lipinski definition) is 3. The van der Waals surface area contributed by atoms with Gasteiger partial charge in [-0.3, -0.25) is 0 Å². The molecular weight excluding hydrogens is 288 g/mol. The van der Waals surface area contributed by atoms with Gasteiger partial charge in [-0.05, 0) is 35.4 Å². The Bertz CT molecular complexity index is 382. The lowest BCUT2D eigenvalue weighted by atomic mass is 10.0. The maximum Gasteiger partial charge on any atom is 0.161 e. The molecule has 0 radical (unpaired) electrons. The topological polar surface area (TPSA) is 18.5 Å². The van der Waals surface area contributed by atoms with E-state index in [-0.39, 0.29) is 0 Å². The fourth-order valence-corrected chi connectivity index (χ4v) is 4.00. The van der Waals surface area contributed by atoms with Crippen LogP contribution in [0.5, 0.6) is 11.5 Å². The van der Waals surface area contributed by atoms with Crippen LogP contribution in [0.25, 0.3) is 0 Å². The summed E-state index contributed by atoms with van der Waals surface area (Å²) in [6, 6.07) is 4.23. The van der Waals surface area contributed by atoms with Crippen LogP contribution in [0, 0.1) is 0 Å². The molecule has 0 bridgehead atoms. The second-order valence-corrected chi connectivity index (χ2v) is 5.63. The maximum absolute atomic E-state index is 5.35. The number of halogens is 1. The zero-order valence-electron chi connectivity index (χ0n) is 9.46. The third-order valence-corrected chi connectivity index (χ3v) is 5.16. The summed E-state index contributed by atoms with van der Waals surface area (Å²) in [6.45, 7) is 0. The number of alkyl halides is 1. The number of hydrogen-bond donors (Lipinski definition) is 0. The van der Waals surface area contributed by atoms with Gasteiger partial charge in [0.15, 0.2) is 11.5 Å². The first-order chi connectivity index (χ1) is 7.80. The predicted octanol–water partition coefficient (Wildman–Crippen LogP) is 3.43. The minimum Gasteiger partial charge on any atom is -0.493 e. The Morgan fingerprint density at radius 3 is 2.62 bits per heavy atom. The molecule has 2 nitrogen and oxygen atoms in total. The van der Waals surface area contributed by atoms with Crippen LogP contribution in [0.2, 0.25) is 0 Å². The minimum absolute atomic E-state index is 0.531. The van der Waals surface area contributed by atoms with E-state index in [2.05, 4.69) is 28.1 Å². The number of benzene rings is 1. The Kier molecular flexibility index (Phi) is 4.03. The predicted molar refractivity (Wildman–Crippen MR) is 72.2 cm³/mol. The Morgan fingerprint density at radius 2 is 2.00 bits per heavy atom. The van der Waals surface area contributed by atoms with Gasteiger partial charge in [0, 0.05) is 10.6 Å². The van der Waals surface area contributed by atoms with E-state index in [0.29, 0.717) is 5.25 Å². The molecule has 1 aliphatic rings. The summed E-state index contributed by atoms with van der Waals surface area (Å²) in [5.41, 5.74) is 2.77. The molecule has 16 heavy (non-hydrogen) atoms. The van der Waals surface area contributed by atoms with E-state index in [0.717, 1.165) is 23.2 Å². The van der Waals surface area contributed by atoms with E-state index >= 15 is 0 Å². The Balaban J connectivity index is 2.46. The van der Waals surface area contributed by atoms with E-state index in [1.165, 1.54) is 16.9 Å². The van der Waals surface area contributed by atoms with Crippen LogP contribution in [0.4, 0.5) is 0 Å². The Hall–Kier alpha value is -0.350. The van der Waals surface area contributed by atoms with Crippen molar-refractivity contribution in [3.63, 3.8) is 0 Å². The summed E-state index contributed by atoms with van der Waals surface area (Å²) in [7, 11) is 3.37. The number of methoxy groups -OCH3 is 2. The molecule has 4 heteroatoms. The lowest BCUT2D eigenvalue weighted by Crippen LogP contribution is -2.10. The summed E-state index contributed by atoms with van der Waals surface area (Å²) in [4.78, 5) is 0. The van der Waals surface area contributed by atoms with Gasteiger partial charge < -0.3 is 9.47 Å². The molecule has 0 fully saturated rings. The van der Waals surface area contributed by atoms with Crippen molar-refractivity contribution >= 4 is 27.7 Å². The molecule has 1 atom stereocenters. The van der Waals surface area contributed by atoms with Crippen molar-refractivity contribution in [3.8, 4) is 11.5 Å². The van der Waals surface area contributed by atoms with E-state index in [1.807, 2.05) is 11.8 Å². The Morgan fingerprint density at radius 1 is 1.31 bits per heavy atom. The lowest BCUT2D eigenvalue weighted by molar-refractivity contribution is 0.354. The van der Waals surface area contributed by atoms with Gasteiger partial charge in [-0.25, -0.2) is 0 Å². The molecule has 1 unspecified atom stereocenters. The van der Waals surface area contributed by atoms with Crippen molar-refractivity contribution in [2.75, 3.05) is 25.3 Å². The van der Waals surface area contributed by atoms with Crippen molar-refractivity contribution in [1.82, 2.24) is 0 Å². The quantitative estimate of drug-likeness (QED) is 0.797. The first-order valence-corrected chi connectivity index (χ1v) is 7.39. The highest BCUT2D eigenvalue weighted by molar-refractivity contribution is 9.09. The largest absolute Gasteiger partial charge is 0.493 e. The van der Waals surface area contributed by atoms with Gasteiger partial charge in [0.25, 0.3) is 0 Å². The number of fused-ring (bicyclic) bond motifs is 1. The van der Waals surface area contributed by atoms with E-state index in [4.69, 9.17) is 9.47 Å². The number of aryl methyl sites for hydroxylation is 1. The monoisotopic (exact) mass is 302 g/mol. The molecule has 2 rings (SSSR count). The average molecular weight is 303 g/mol. The third kappa shape index (κ3) is 2.18. The van der Waals surface area contributed by atoms with Gasteiger partial charge in [0.2, 0.25) is 0 Å². The molecular formula is C12H15BrO2S. The molecule has 0 aliphatic carbocycles. The van der Waals surface area contributed by atoms with Gasteiger partial charge in [-0.2, -0.15) is 11.8 Å². The van der Waals surface area contributed by atoms with Crippen LogP contribution in [0.15, 0.2) is 12.1 Å². The molecule has 0 saturated heterocycles. The molecule has 1 aromatic rings. The first kappa shape index (κ1) is 12.1. The van der Waals surface area contributed by atoms with E-state index < -0.39 is 0 Å². The molecule has 0 aromatic heterocycles. The second-order valence-electron chi connectivity index (χ2n) is 3.67. The highest BCUT2D eigenvalue weighted by Gasteiger charge is 2.22. The summed E-state index contributed by atoms with van der Waals surface area (Å²) in [5.74, 6) is 2.84. The smallest absolute Gasteiger partial charge is 0.161 e.